The first-order valence-corrected chi connectivity index (χ1v) is 8.15. The number of carbonyl (C=O) groups excluding carboxylic acids is 1. The lowest BCUT2D eigenvalue weighted by Crippen LogP contribution is -2.54. The number of ether oxygens (including phenoxy) is 1. The number of carbonyl (C=O) groups is 1. The van der Waals surface area contributed by atoms with E-state index in [2.05, 4.69) is 31.0 Å². The van der Waals surface area contributed by atoms with Gasteiger partial charge in [-0.3, -0.25) is 4.79 Å². The van der Waals surface area contributed by atoms with E-state index in [0.717, 1.165) is 39.3 Å². The molecular formula is C18H26N2O2. The van der Waals surface area contributed by atoms with E-state index in [9.17, 15) is 4.79 Å². The van der Waals surface area contributed by atoms with Crippen LogP contribution >= 0.6 is 0 Å². The van der Waals surface area contributed by atoms with Gasteiger partial charge in [-0.05, 0) is 19.0 Å². The van der Waals surface area contributed by atoms with Crippen molar-refractivity contribution >= 4 is 5.91 Å². The fraction of sp³-hybridized carbons (Fsp3) is 0.611. The van der Waals surface area contributed by atoms with Crippen molar-refractivity contribution in [2.45, 2.75) is 32.4 Å². The van der Waals surface area contributed by atoms with Crippen molar-refractivity contribution in [3.05, 3.63) is 35.9 Å². The SMILES string of the molecule is CN(CC1(C)COC1)C1CCC(=O)N(Cc2ccccc2)C1. The Morgan fingerprint density at radius 2 is 2.05 bits per heavy atom. The maximum atomic E-state index is 12.2. The van der Waals surface area contributed by atoms with Crippen molar-refractivity contribution < 1.29 is 9.53 Å². The molecule has 2 fully saturated rings. The number of rotatable bonds is 5. The molecule has 4 heteroatoms. The predicted molar refractivity (Wildman–Crippen MR) is 86.4 cm³/mol. The Balaban J connectivity index is 1.59. The highest BCUT2D eigenvalue weighted by Gasteiger charge is 2.37. The van der Waals surface area contributed by atoms with Crippen molar-refractivity contribution in [1.82, 2.24) is 9.80 Å². The van der Waals surface area contributed by atoms with Crippen LogP contribution in [0.3, 0.4) is 0 Å². The quantitative estimate of drug-likeness (QED) is 0.835. The van der Waals surface area contributed by atoms with Crippen LogP contribution in [0.5, 0.6) is 0 Å². The summed E-state index contributed by atoms with van der Waals surface area (Å²) in [5, 5.41) is 0. The zero-order chi connectivity index (χ0) is 15.6. The molecule has 120 valence electrons. The van der Waals surface area contributed by atoms with E-state index in [1.165, 1.54) is 5.56 Å². The van der Waals surface area contributed by atoms with E-state index >= 15 is 0 Å². The van der Waals surface area contributed by atoms with Gasteiger partial charge in [-0.2, -0.15) is 0 Å². The monoisotopic (exact) mass is 302 g/mol. The number of likely N-dealkylation sites (tertiary alicyclic amines) is 1. The van der Waals surface area contributed by atoms with Crippen molar-refractivity contribution in [2.75, 3.05) is 33.4 Å². The number of hydrogen-bond acceptors (Lipinski definition) is 3. The maximum Gasteiger partial charge on any atom is 0.222 e. The van der Waals surface area contributed by atoms with Gasteiger partial charge in [0, 0.05) is 37.5 Å². The second-order valence-corrected chi connectivity index (χ2v) is 7.17. The van der Waals surface area contributed by atoms with E-state index in [0.29, 0.717) is 17.9 Å². The topological polar surface area (TPSA) is 32.8 Å². The molecule has 0 radical (unpaired) electrons. The maximum absolute atomic E-state index is 12.2. The number of hydrogen-bond donors (Lipinski definition) is 0. The highest BCUT2D eigenvalue weighted by Crippen LogP contribution is 2.29. The normalized spacial score (nSPS) is 24.4. The van der Waals surface area contributed by atoms with E-state index in [1.54, 1.807) is 0 Å². The van der Waals surface area contributed by atoms with Crippen LogP contribution in [-0.2, 0) is 16.1 Å². The van der Waals surface area contributed by atoms with Crippen LogP contribution in [0, 0.1) is 5.41 Å². The molecule has 1 aromatic rings. The molecule has 0 aromatic heterocycles. The molecule has 3 rings (SSSR count). The lowest BCUT2D eigenvalue weighted by Gasteiger charge is -2.45. The molecule has 1 amide bonds. The summed E-state index contributed by atoms with van der Waals surface area (Å²) in [6.07, 6.45) is 1.63. The third-order valence-electron chi connectivity index (χ3n) is 4.85. The molecule has 2 saturated heterocycles. The summed E-state index contributed by atoms with van der Waals surface area (Å²) < 4.78 is 5.35. The number of benzene rings is 1. The first kappa shape index (κ1) is 15.5. The zero-order valence-electron chi connectivity index (χ0n) is 13.6. The van der Waals surface area contributed by atoms with Crippen LogP contribution in [0.2, 0.25) is 0 Å². The van der Waals surface area contributed by atoms with Gasteiger partial charge >= 0.3 is 0 Å². The van der Waals surface area contributed by atoms with Gasteiger partial charge in [0.2, 0.25) is 5.91 Å². The molecule has 1 atom stereocenters. The smallest absolute Gasteiger partial charge is 0.222 e. The standard InChI is InChI=1S/C18H26N2O2/c1-18(13-22-14-18)12-19(2)16-8-9-17(21)20(11-16)10-15-6-4-3-5-7-15/h3-7,16H,8-14H2,1-2H3. The first-order chi connectivity index (χ1) is 10.6. The summed E-state index contributed by atoms with van der Waals surface area (Å²) in [6, 6.07) is 10.7. The van der Waals surface area contributed by atoms with E-state index in [-0.39, 0.29) is 5.91 Å². The van der Waals surface area contributed by atoms with Gasteiger partial charge in [0.15, 0.2) is 0 Å². The van der Waals surface area contributed by atoms with Crippen molar-refractivity contribution in [3.8, 4) is 0 Å². The molecule has 2 aliphatic heterocycles. The van der Waals surface area contributed by atoms with Crippen molar-refractivity contribution in [3.63, 3.8) is 0 Å². The molecule has 2 heterocycles. The molecule has 2 aliphatic rings. The van der Waals surface area contributed by atoms with Gasteiger partial charge in [0.25, 0.3) is 0 Å². The molecular weight excluding hydrogens is 276 g/mol. The number of piperidine rings is 1. The number of nitrogens with zero attached hydrogens (tertiary/aromatic N) is 2. The minimum Gasteiger partial charge on any atom is -0.380 e. The molecule has 1 unspecified atom stereocenters. The number of likely N-dealkylation sites (N-methyl/N-ethyl adjacent to an activating group) is 1. The number of amides is 1. The van der Waals surface area contributed by atoms with Crippen molar-refractivity contribution in [2.24, 2.45) is 5.41 Å². The molecule has 0 aliphatic carbocycles. The van der Waals surface area contributed by atoms with Gasteiger partial charge < -0.3 is 14.5 Å². The Hall–Kier alpha value is -1.39. The largest absolute Gasteiger partial charge is 0.380 e. The van der Waals surface area contributed by atoms with Crippen LogP contribution in [-0.4, -0.2) is 55.1 Å². The second-order valence-electron chi connectivity index (χ2n) is 7.17. The van der Waals surface area contributed by atoms with E-state index in [1.807, 2.05) is 23.1 Å². The van der Waals surface area contributed by atoms with Gasteiger partial charge in [0.1, 0.15) is 0 Å². The summed E-state index contributed by atoms with van der Waals surface area (Å²) in [5.74, 6) is 0.284. The summed E-state index contributed by atoms with van der Waals surface area (Å²) in [5.41, 5.74) is 1.50. The molecule has 0 N–H and O–H groups in total. The van der Waals surface area contributed by atoms with Crippen LogP contribution in [0.4, 0.5) is 0 Å². The Morgan fingerprint density at radius 3 is 2.68 bits per heavy atom. The molecule has 22 heavy (non-hydrogen) atoms. The van der Waals surface area contributed by atoms with E-state index < -0.39 is 0 Å². The minimum atomic E-state index is 0.284. The van der Waals surface area contributed by atoms with Crippen LogP contribution in [0.25, 0.3) is 0 Å². The highest BCUT2D eigenvalue weighted by atomic mass is 16.5. The molecule has 1 aromatic carbocycles. The Kier molecular flexibility index (Phi) is 4.50. The second kappa shape index (κ2) is 6.39. The van der Waals surface area contributed by atoms with E-state index in [4.69, 9.17) is 4.74 Å². The minimum absolute atomic E-state index is 0.284. The lowest BCUT2D eigenvalue weighted by molar-refractivity contribution is -0.138. The third-order valence-corrected chi connectivity index (χ3v) is 4.85. The van der Waals surface area contributed by atoms with Crippen LogP contribution in [0.15, 0.2) is 30.3 Å². The average molecular weight is 302 g/mol. The van der Waals surface area contributed by atoms with Gasteiger partial charge in [0.05, 0.1) is 13.2 Å². The Bertz CT molecular complexity index is 513. The fourth-order valence-electron chi connectivity index (χ4n) is 3.49. The first-order valence-electron chi connectivity index (χ1n) is 8.15. The molecule has 0 spiro atoms. The van der Waals surface area contributed by atoms with Crippen molar-refractivity contribution in [1.29, 1.82) is 0 Å². The van der Waals surface area contributed by atoms with Crippen LogP contribution < -0.4 is 0 Å². The fourth-order valence-corrected chi connectivity index (χ4v) is 3.49. The summed E-state index contributed by atoms with van der Waals surface area (Å²) in [7, 11) is 2.19. The molecule has 4 nitrogen and oxygen atoms in total. The Labute approximate surface area is 133 Å². The summed E-state index contributed by atoms with van der Waals surface area (Å²) in [4.78, 5) is 16.6. The summed E-state index contributed by atoms with van der Waals surface area (Å²) >= 11 is 0. The molecule has 0 saturated carbocycles. The predicted octanol–water partition coefficient (Wildman–Crippen LogP) is 2.15. The Morgan fingerprint density at radius 1 is 1.32 bits per heavy atom. The van der Waals surface area contributed by atoms with Gasteiger partial charge in [-0.1, -0.05) is 37.3 Å². The lowest BCUT2D eigenvalue weighted by atomic mass is 9.87. The van der Waals surface area contributed by atoms with Gasteiger partial charge in [-0.25, -0.2) is 0 Å². The molecule has 0 bridgehead atoms. The third kappa shape index (κ3) is 3.50. The van der Waals surface area contributed by atoms with Gasteiger partial charge in [-0.15, -0.1) is 0 Å². The average Bonchev–Trinajstić information content (AvgIpc) is 2.49. The zero-order valence-corrected chi connectivity index (χ0v) is 13.6. The van der Waals surface area contributed by atoms with Crippen LogP contribution in [0.1, 0.15) is 25.3 Å². The highest BCUT2D eigenvalue weighted by molar-refractivity contribution is 5.77. The summed E-state index contributed by atoms with van der Waals surface area (Å²) in [6.45, 7) is 6.60.